The van der Waals surface area contributed by atoms with Crippen LogP contribution in [0.1, 0.15) is 47.4 Å². The number of nitrogens with zero attached hydrogens (tertiary/aromatic N) is 2. The quantitative estimate of drug-likeness (QED) is 0.571. The third-order valence-corrected chi connectivity index (χ3v) is 6.78. The van der Waals surface area contributed by atoms with Gasteiger partial charge in [-0.05, 0) is 84.4 Å². The van der Waals surface area contributed by atoms with Gasteiger partial charge in [-0.25, -0.2) is 4.98 Å². The molecule has 3 nitrogen and oxygen atoms in total. The van der Waals surface area contributed by atoms with Crippen LogP contribution in [0.25, 0.3) is 0 Å². The SMILES string of the molecule is c1ccc(N2CCCCc3ccc(COc4cc5c(cn4)C4CC4C5)cc32)cc1. The molecule has 0 radical (unpaired) electrons. The Hall–Kier alpha value is -2.81. The minimum absolute atomic E-state index is 0.564. The molecule has 2 heterocycles. The fourth-order valence-corrected chi connectivity index (χ4v) is 5.11. The molecule has 0 saturated heterocycles. The smallest absolute Gasteiger partial charge is 0.213 e. The van der Waals surface area contributed by atoms with Gasteiger partial charge in [-0.2, -0.15) is 0 Å². The summed E-state index contributed by atoms with van der Waals surface area (Å²) in [4.78, 5) is 7.04. The van der Waals surface area contributed by atoms with Gasteiger partial charge in [-0.3, -0.25) is 0 Å². The van der Waals surface area contributed by atoms with Gasteiger partial charge in [0.15, 0.2) is 0 Å². The molecule has 1 saturated carbocycles. The van der Waals surface area contributed by atoms with Gasteiger partial charge in [0.05, 0.1) is 0 Å². The Morgan fingerprint density at radius 1 is 1.00 bits per heavy atom. The van der Waals surface area contributed by atoms with Gasteiger partial charge in [0.25, 0.3) is 0 Å². The van der Waals surface area contributed by atoms with Crippen LogP contribution in [0.5, 0.6) is 5.88 Å². The fourth-order valence-electron chi connectivity index (χ4n) is 5.11. The Morgan fingerprint density at radius 3 is 2.86 bits per heavy atom. The molecular weight excluding hydrogens is 356 g/mol. The van der Waals surface area contributed by atoms with Crippen LogP contribution in [0.2, 0.25) is 0 Å². The number of aryl methyl sites for hydroxylation is 1. The summed E-state index contributed by atoms with van der Waals surface area (Å²) in [6, 6.07) is 19.7. The van der Waals surface area contributed by atoms with E-state index in [1.54, 1.807) is 0 Å². The topological polar surface area (TPSA) is 25.4 Å². The lowest BCUT2D eigenvalue weighted by atomic mass is 10.0. The Balaban J connectivity index is 1.24. The molecule has 29 heavy (non-hydrogen) atoms. The monoisotopic (exact) mass is 382 g/mol. The van der Waals surface area contributed by atoms with Crippen LogP contribution < -0.4 is 9.64 Å². The van der Waals surface area contributed by atoms with Gasteiger partial charge >= 0.3 is 0 Å². The first kappa shape index (κ1) is 17.1. The molecule has 1 aromatic heterocycles. The number of hydrogen-bond donors (Lipinski definition) is 0. The lowest BCUT2D eigenvalue weighted by molar-refractivity contribution is 0.293. The predicted molar refractivity (Wildman–Crippen MR) is 116 cm³/mol. The van der Waals surface area contributed by atoms with Gasteiger partial charge in [0.1, 0.15) is 6.61 Å². The fraction of sp³-hybridized carbons (Fsp3) is 0.346. The summed E-state index contributed by atoms with van der Waals surface area (Å²) in [5.41, 5.74) is 8.16. The van der Waals surface area contributed by atoms with Gasteiger partial charge < -0.3 is 9.64 Å². The summed E-state index contributed by atoms with van der Waals surface area (Å²) < 4.78 is 6.10. The molecule has 0 bridgehead atoms. The van der Waals surface area contributed by atoms with Crippen LogP contribution in [0.15, 0.2) is 60.8 Å². The zero-order valence-electron chi connectivity index (χ0n) is 16.7. The Bertz CT molecular complexity index is 1050. The lowest BCUT2D eigenvalue weighted by Crippen LogP contribution is -2.18. The maximum absolute atomic E-state index is 6.10. The van der Waals surface area contributed by atoms with E-state index in [1.165, 1.54) is 59.3 Å². The number of ether oxygens (including phenoxy) is 1. The zero-order valence-corrected chi connectivity index (χ0v) is 16.7. The summed E-state index contributed by atoms with van der Waals surface area (Å²) in [7, 11) is 0. The van der Waals surface area contributed by atoms with Crippen LogP contribution >= 0.6 is 0 Å². The first-order valence-electron chi connectivity index (χ1n) is 10.9. The molecule has 2 aliphatic carbocycles. The van der Waals surface area contributed by atoms with Gasteiger partial charge in [-0.1, -0.05) is 30.3 Å². The van der Waals surface area contributed by atoms with Crippen LogP contribution in [0.3, 0.4) is 0 Å². The van der Waals surface area contributed by atoms with Crippen molar-refractivity contribution >= 4 is 11.4 Å². The molecule has 0 spiro atoms. The van der Waals surface area contributed by atoms with Crippen molar-refractivity contribution in [1.82, 2.24) is 4.98 Å². The van der Waals surface area contributed by atoms with Crippen molar-refractivity contribution in [1.29, 1.82) is 0 Å². The highest BCUT2D eigenvalue weighted by atomic mass is 16.5. The highest BCUT2D eigenvalue weighted by molar-refractivity contribution is 5.67. The molecule has 3 aromatic rings. The highest BCUT2D eigenvalue weighted by Gasteiger charge is 2.45. The average Bonchev–Trinajstić information content (AvgIpc) is 3.49. The third kappa shape index (κ3) is 3.19. The number of para-hydroxylation sites is 1. The second-order valence-corrected chi connectivity index (χ2v) is 8.72. The summed E-state index contributed by atoms with van der Waals surface area (Å²) >= 11 is 0. The number of aromatic nitrogens is 1. The highest BCUT2D eigenvalue weighted by Crippen LogP contribution is 2.56. The molecule has 3 aliphatic rings. The van der Waals surface area contributed by atoms with E-state index in [0.717, 1.165) is 30.7 Å². The minimum atomic E-state index is 0.564. The van der Waals surface area contributed by atoms with Crippen LogP contribution in [0, 0.1) is 5.92 Å². The normalized spacial score (nSPS) is 21.7. The van der Waals surface area contributed by atoms with E-state index in [4.69, 9.17) is 4.74 Å². The molecule has 2 unspecified atom stereocenters. The average molecular weight is 383 g/mol. The number of fused-ring (bicyclic) bond motifs is 4. The second-order valence-electron chi connectivity index (χ2n) is 8.72. The van der Waals surface area contributed by atoms with E-state index in [-0.39, 0.29) is 0 Å². The van der Waals surface area contributed by atoms with Crippen LogP contribution in [-0.2, 0) is 19.4 Å². The van der Waals surface area contributed by atoms with Crippen molar-refractivity contribution in [2.75, 3.05) is 11.4 Å². The second kappa shape index (κ2) is 6.91. The van der Waals surface area contributed by atoms with Gasteiger partial charge in [0, 0.05) is 30.2 Å². The molecule has 3 heteroatoms. The minimum Gasteiger partial charge on any atom is -0.473 e. The van der Waals surface area contributed by atoms with Crippen molar-refractivity contribution in [3.05, 3.63) is 83.0 Å². The van der Waals surface area contributed by atoms with E-state index in [0.29, 0.717) is 6.61 Å². The molecule has 2 aromatic carbocycles. The predicted octanol–water partition coefficient (Wildman–Crippen LogP) is 5.79. The first-order chi connectivity index (χ1) is 14.3. The van der Waals surface area contributed by atoms with Crippen molar-refractivity contribution in [3.63, 3.8) is 0 Å². The van der Waals surface area contributed by atoms with E-state index in [2.05, 4.69) is 70.7 Å². The number of benzene rings is 2. The van der Waals surface area contributed by atoms with Crippen molar-refractivity contribution in [2.24, 2.45) is 5.92 Å². The first-order valence-corrected chi connectivity index (χ1v) is 10.9. The van der Waals surface area contributed by atoms with Gasteiger partial charge in [0.2, 0.25) is 5.88 Å². The molecule has 0 amide bonds. The van der Waals surface area contributed by atoms with Crippen LogP contribution in [0.4, 0.5) is 11.4 Å². The van der Waals surface area contributed by atoms with Gasteiger partial charge in [-0.15, -0.1) is 0 Å². The number of hydrogen-bond acceptors (Lipinski definition) is 3. The van der Waals surface area contributed by atoms with E-state index in [9.17, 15) is 0 Å². The molecule has 2 atom stereocenters. The summed E-state index contributed by atoms with van der Waals surface area (Å²) in [5, 5.41) is 0. The summed E-state index contributed by atoms with van der Waals surface area (Å²) in [6.45, 7) is 1.63. The lowest BCUT2D eigenvalue weighted by Gasteiger charge is -2.25. The molecule has 0 N–H and O–H groups in total. The summed E-state index contributed by atoms with van der Waals surface area (Å²) in [6.07, 6.45) is 8.24. The largest absolute Gasteiger partial charge is 0.473 e. The Morgan fingerprint density at radius 2 is 1.93 bits per heavy atom. The standard InChI is InChI=1S/C26H26N2O/c1-2-7-22(8-3-1)28-11-5-4-6-19-10-9-18(12-25(19)28)17-29-26-15-21-13-20-14-23(20)24(21)16-27-26/h1-3,7-10,12,15-16,20,23H,4-6,11,13-14,17H2. The third-order valence-electron chi connectivity index (χ3n) is 6.78. The van der Waals surface area contributed by atoms with Crippen molar-refractivity contribution in [2.45, 2.75) is 44.6 Å². The Labute approximate surface area is 172 Å². The van der Waals surface area contributed by atoms with Crippen molar-refractivity contribution in [3.8, 4) is 5.88 Å². The summed E-state index contributed by atoms with van der Waals surface area (Å²) in [5.74, 6) is 2.44. The maximum Gasteiger partial charge on any atom is 0.213 e. The zero-order chi connectivity index (χ0) is 19.2. The van der Waals surface area contributed by atoms with E-state index in [1.807, 2.05) is 0 Å². The number of pyridine rings is 1. The molecule has 1 aliphatic heterocycles. The maximum atomic E-state index is 6.10. The number of rotatable bonds is 4. The molecule has 1 fully saturated rings. The molecule has 6 rings (SSSR count). The Kier molecular flexibility index (Phi) is 4.07. The van der Waals surface area contributed by atoms with Crippen LogP contribution in [-0.4, -0.2) is 11.5 Å². The molecular formula is C26H26N2O. The van der Waals surface area contributed by atoms with E-state index < -0.39 is 0 Å². The molecule has 146 valence electrons. The number of anilines is 2. The van der Waals surface area contributed by atoms with E-state index >= 15 is 0 Å². The van der Waals surface area contributed by atoms with Crippen molar-refractivity contribution < 1.29 is 4.74 Å².